The molecule has 2 bridgehead atoms. The van der Waals surface area contributed by atoms with Gasteiger partial charge in [-0.25, -0.2) is 9.18 Å². The Kier molecular flexibility index (Phi) is 3.19. The zero-order valence-electron chi connectivity index (χ0n) is 11.9. The molecule has 3 heterocycles. The van der Waals surface area contributed by atoms with Crippen molar-refractivity contribution in [3.05, 3.63) is 29.6 Å². The number of carboxylic acid groups (broad SMARTS) is 1. The highest BCUT2D eigenvalue weighted by atomic mass is 19.1. The molecule has 22 heavy (non-hydrogen) atoms. The minimum atomic E-state index is -0.894. The van der Waals surface area contributed by atoms with E-state index in [0.29, 0.717) is 32.0 Å². The fourth-order valence-electron chi connectivity index (χ4n) is 3.64. The van der Waals surface area contributed by atoms with Gasteiger partial charge in [-0.15, -0.1) is 0 Å². The van der Waals surface area contributed by atoms with Gasteiger partial charge in [0, 0.05) is 24.7 Å². The van der Waals surface area contributed by atoms with Crippen molar-refractivity contribution in [1.29, 1.82) is 0 Å². The number of anilines is 1. The predicted octanol–water partition coefficient (Wildman–Crippen LogP) is 1.81. The maximum Gasteiger partial charge on any atom is 0.407 e. The average Bonchev–Trinajstić information content (AvgIpc) is 3.23. The van der Waals surface area contributed by atoms with Gasteiger partial charge in [-0.05, 0) is 18.6 Å². The summed E-state index contributed by atoms with van der Waals surface area (Å²) in [5.41, 5.74) is 1.31. The van der Waals surface area contributed by atoms with Gasteiger partial charge in [0.25, 0.3) is 0 Å². The summed E-state index contributed by atoms with van der Waals surface area (Å²) in [5, 5.41) is 9.13. The van der Waals surface area contributed by atoms with Gasteiger partial charge in [-0.1, -0.05) is 6.07 Å². The minimum absolute atomic E-state index is 0.0382. The molecule has 3 saturated heterocycles. The molecular weight excluding hydrogens is 291 g/mol. The third kappa shape index (κ3) is 2.12. The van der Waals surface area contributed by atoms with Crippen LogP contribution in [0.25, 0.3) is 0 Å². The molecule has 3 aliphatic rings. The zero-order chi connectivity index (χ0) is 15.3. The molecule has 0 aromatic heterocycles. The number of carbonyl (C=O) groups is 1. The molecule has 0 unspecified atom stereocenters. The number of halogens is 1. The van der Waals surface area contributed by atoms with Crippen LogP contribution in [0.1, 0.15) is 18.3 Å². The Labute approximate surface area is 127 Å². The third-order valence-electron chi connectivity index (χ3n) is 4.66. The maximum absolute atomic E-state index is 14.2. The zero-order valence-corrected chi connectivity index (χ0v) is 11.9. The highest BCUT2D eigenvalue weighted by Gasteiger charge is 2.46. The summed E-state index contributed by atoms with van der Waals surface area (Å²) < 4.78 is 25.2. The van der Waals surface area contributed by atoms with Gasteiger partial charge in [0.15, 0.2) is 6.29 Å². The van der Waals surface area contributed by atoms with Crippen LogP contribution in [-0.2, 0) is 9.47 Å². The summed E-state index contributed by atoms with van der Waals surface area (Å²) in [6, 6.07) is 4.85. The normalized spacial score (nSPS) is 27.9. The first kappa shape index (κ1) is 13.8. The maximum atomic E-state index is 14.2. The van der Waals surface area contributed by atoms with Crippen LogP contribution in [-0.4, -0.2) is 54.5 Å². The third-order valence-corrected chi connectivity index (χ3v) is 4.66. The molecular formula is C15H17FN2O4. The topological polar surface area (TPSA) is 62.2 Å². The van der Waals surface area contributed by atoms with Crippen LogP contribution in [0, 0.1) is 5.82 Å². The van der Waals surface area contributed by atoms with E-state index in [4.69, 9.17) is 14.6 Å². The molecule has 1 aromatic carbocycles. The second-order valence-electron chi connectivity index (χ2n) is 5.92. The van der Waals surface area contributed by atoms with E-state index in [1.807, 2.05) is 4.90 Å². The molecule has 1 amide bonds. The van der Waals surface area contributed by atoms with Crippen LogP contribution in [0.4, 0.5) is 14.9 Å². The summed E-state index contributed by atoms with van der Waals surface area (Å²) in [7, 11) is 0. The van der Waals surface area contributed by atoms with Crippen LogP contribution < -0.4 is 4.90 Å². The van der Waals surface area contributed by atoms with Crippen molar-refractivity contribution in [1.82, 2.24) is 4.90 Å². The van der Waals surface area contributed by atoms with Crippen molar-refractivity contribution in [2.45, 2.75) is 24.8 Å². The fraction of sp³-hybridized carbons (Fsp3) is 0.533. The quantitative estimate of drug-likeness (QED) is 0.903. The van der Waals surface area contributed by atoms with Crippen molar-refractivity contribution in [2.24, 2.45) is 0 Å². The average molecular weight is 308 g/mol. The molecule has 1 aromatic rings. The van der Waals surface area contributed by atoms with E-state index < -0.39 is 12.4 Å². The Morgan fingerprint density at radius 1 is 1.23 bits per heavy atom. The Morgan fingerprint density at radius 2 is 2.00 bits per heavy atom. The number of ether oxygens (including phenoxy) is 2. The Balaban J connectivity index is 1.58. The van der Waals surface area contributed by atoms with E-state index in [9.17, 15) is 9.18 Å². The van der Waals surface area contributed by atoms with Crippen molar-refractivity contribution in [3.8, 4) is 0 Å². The van der Waals surface area contributed by atoms with Crippen LogP contribution in [0.2, 0.25) is 0 Å². The molecule has 3 fully saturated rings. The van der Waals surface area contributed by atoms with Crippen LogP contribution in [0.15, 0.2) is 18.2 Å². The number of benzene rings is 1. The first-order chi connectivity index (χ1) is 10.6. The number of likely N-dealkylation sites (tertiary alicyclic amines) is 1. The SMILES string of the molecule is O=C(O)N1C[C@@H]2C[C@H]1CN2c1cc(C2OCCO2)ccc1F. The van der Waals surface area contributed by atoms with E-state index in [0.717, 1.165) is 12.0 Å². The number of piperazine rings is 1. The molecule has 6 nitrogen and oxygen atoms in total. The largest absolute Gasteiger partial charge is 0.465 e. The minimum Gasteiger partial charge on any atom is -0.465 e. The van der Waals surface area contributed by atoms with E-state index in [1.165, 1.54) is 11.0 Å². The Morgan fingerprint density at radius 3 is 2.64 bits per heavy atom. The number of hydrogen-bond donors (Lipinski definition) is 1. The fourth-order valence-corrected chi connectivity index (χ4v) is 3.64. The molecule has 7 heteroatoms. The standard InChI is InChI=1S/C15H17FN2O4/c16-12-2-1-9(14-21-3-4-22-14)5-13(12)17-7-11-6-10(17)8-18(11)15(19)20/h1-2,5,10-11,14H,3-4,6-8H2,(H,19,20)/t10-,11-/m0/s1. The molecule has 2 atom stereocenters. The van der Waals surface area contributed by atoms with Crippen LogP contribution >= 0.6 is 0 Å². The molecule has 1 N–H and O–H groups in total. The van der Waals surface area contributed by atoms with E-state index in [2.05, 4.69) is 0 Å². The molecule has 118 valence electrons. The lowest BCUT2D eigenvalue weighted by molar-refractivity contribution is -0.0441. The van der Waals surface area contributed by atoms with Gasteiger partial charge in [-0.2, -0.15) is 0 Å². The monoisotopic (exact) mass is 308 g/mol. The molecule has 0 radical (unpaired) electrons. The second kappa shape index (κ2) is 5.10. The van der Waals surface area contributed by atoms with Crippen molar-refractivity contribution in [3.63, 3.8) is 0 Å². The highest BCUT2D eigenvalue weighted by molar-refractivity contribution is 5.67. The lowest BCUT2D eigenvalue weighted by atomic mass is 10.1. The summed E-state index contributed by atoms with van der Waals surface area (Å²) in [5.74, 6) is -0.295. The summed E-state index contributed by atoms with van der Waals surface area (Å²) in [6.07, 6.45) is -0.573. The number of rotatable bonds is 2. The van der Waals surface area contributed by atoms with E-state index >= 15 is 0 Å². The van der Waals surface area contributed by atoms with Crippen LogP contribution in [0.3, 0.4) is 0 Å². The molecule has 0 spiro atoms. The lowest BCUT2D eigenvalue weighted by Gasteiger charge is -2.34. The van der Waals surface area contributed by atoms with Crippen LogP contribution in [0.5, 0.6) is 0 Å². The summed E-state index contributed by atoms with van der Waals surface area (Å²) in [4.78, 5) is 14.6. The van der Waals surface area contributed by atoms with Crippen molar-refractivity contribution in [2.75, 3.05) is 31.2 Å². The molecule has 4 rings (SSSR count). The molecule has 0 aliphatic carbocycles. The van der Waals surface area contributed by atoms with Gasteiger partial charge in [0.05, 0.1) is 24.9 Å². The van der Waals surface area contributed by atoms with Crippen molar-refractivity contribution >= 4 is 11.8 Å². The Hall–Kier alpha value is -1.86. The number of nitrogens with zero attached hydrogens (tertiary/aromatic N) is 2. The lowest BCUT2D eigenvalue weighted by Crippen LogP contribution is -2.48. The van der Waals surface area contributed by atoms with E-state index in [1.54, 1.807) is 12.1 Å². The van der Waals surface area contributed by atoms with Gasteiger partial charge in [-0.3, -0.25) is 0 Å². The van der Waals surface area contributed by atoms with Gasteiger partial charge in [0.2, 0.25) is 0 Å². The first-order valence-electron chi connectivity index (χ1n) is 7.42. The van der Waals surface area contributed by atoms with Gasteiger partial charge < -0.3 is 24.4 Å². The number of fused-ring (bicyclic) bond motifs is 2. The van der Waals surface area contributed by atoms with Gasteiger partial charge >= 0.3 is 6.09 Å². The molecule has 3 aliphatic heterocycles. The summed E-state index contributed by atoms with van der Waals surface area (Å²) >= 11 is 0. The number of hydrogen-bond acceptors (Lipinski definition) is 4. The predicted molar refractivity (Wildman–Crippen MR) is 75.3 cm³/mol. The summed E-state index contributed by atoms with van der Waals surface area (Å²) in [6.45, 7) is 2.04. The Bertz CT molecular complexity index is 605. The van der Waals surface area contributed by atoms with E-state index in [-0.39, 0.29) is 17.9 Å². The smallest absolute Gasteiger partial charge is 0.407 e. The first-order valence-corrected chi connectivity index (χ1v) is 7.42. The second-order valence-corrected chi connectivity index (χ2v) is 5.92. The number of amides is 1. The van der Waals surface area contributed by atoms with Crippen molar-refractivity contribution < 1.29 is 23.8 Å². The van der Waals surface area contributed by atoms with Gasteiger partial charge in [0.1, 0.15) is 5.82 Å². The molecule has 0 saturated carbocycles. The highest BCUT2D eigenvalue weighted by Crippen LogP contribution is 2.37.